The van der Waals surface area contributed by atoms with Gasteiger partial charge in [-0.25, -0.2) is 0 Å². The van der Waals surface area contributed by atoms with Crippen molar-refractivity contribution in [2.24, 2.45) is 0 Å². The van der Waals surface area contributed by atoms with E-state index in [0.717, 1.165) is 12.8 Å². The molecule has 0 fully saturated rings. The third-order valence-corrected chi connectivity index (χ3v) is 3.28. The van der Waals surface area contributed by atoms with E-state index in [4.69, 9.17) is 16.3 Å². The third kappa shape index (κ3) is 3.60. The summed E-state index contributed by atoms with van der Waals surface area (Å²) in [5, 5.41) is 3.00. The highest BCUT2D eigenvalue weighted by Crippen LogP contribution is 2.20. The van der Waals surface area contributed by atoms with Crippen LogP contribution in [-0.4, -0.2) is 29.4 Å². The van der Waals surface area contributed by atoms with Gasteiger partial charge in [-0.1, -0.05) is 6.92 Å². The number of methoxy groups -OCH3 is 1. The van der Waals surface area contributed by atoms with Gasteiger partial charge in [0.25, 0.3) is 5.91 Å². The lowest BCUT2D eigenvalue weighted by atomic mass is 9.95. The summed E-state index contributed by atoms with van der Waals surface area (Å²) < 4.78 is 5.13. The Morgan fingerprint density at radius 2 is 2.33 bits per heavy atom. The molecular weight excluding hydrogens is 252 g/mol. The van der Waals surface area contributed by atoms with Crippen LogP contribution in [0, 0.1) is 0 Å². The number of pyridine rings is 1. The minimum absolute atomic E-state index is 0.163. The first kappa shape index (κ1) is 14.8. The van der Waals surface area contributed by atoms with Crippen LogP contribution in [0.4, 0.5) is 0 Å². The fraction of sp³-hybridized carbons (Fsp3) is 0.538. The summed E-state index contributed by atoms with van der Waals surface area (Å²) >= 11 is 5.77. The standard InChI is InChI=1S/C13H19ClN2O2/c1-4-13(2,6-7-14)16-12(17)10-5-8-15-9-11(10)18-3/h5,8-9H,4,6-7H2,1-3H3,(H,16,17). The normalized spacial score (nSPS) is 13.8. The molecule has 0 saturated heterocycles. The number of halogens is 1. The van der Waals surface area contributed by atoms with Gasteiger partial charge in [0.1, 0.15) is 5.75 Å². The highest BCUT2D eigenvalue weighted by molar-refractivity contribution is 6.17. The molecule has 1 unspecified atom stereocenters. The smallest absolute Gasteiger partial charge is 0.255 e. The molecule has 1 aromatic heterocycles. The summed E-state index contributed by atoms with van der Waals surface area (Å²) in [6.45, 7) is 4.01. The summed E-state index contributed by atoms with van der Waals surface area (Å²) in [6, 6.07) is 1.64. The minimum Gasteiger partial charge on any atom is -0.494 e. The van der Waals surface area contributed by atoms with Gasteiger partial charge in [0.2, 0.25) is 0 Å². The van der Waals surface area contributed by atoms with Gasteiger partial charge >= 0.3 is 0 Å². The predicted octanol–water partition coefficient (Wildman–Crippen LogP) is 2.62. The second-order valence-corrected chi connectivity index (χ2v) is 4.76. The van der Waals surface area contributed by atoms with Crippen LogP contribution in [0.25, 0.3) is 0 Å². The molecule has 0 aliphatic rings. The monoisotopic (exact) mass is 270 g/mol. The van der Waals surface area contributed by atoms with Crippen LogP contribution in [0.5, 0.6) is 5.75 Å². The molecule has 1 atom stereocenters. The number of amides is 1. The molecular formula is C13H19ClN2O2. The molecule has 1 N–H and O–H groups in total. The van der Waals surface area contributed by atoms with E-state index in [0.29, 0.717) is 17.2 Å². The molecule has 0 spiro atoms. The molecule has 18 heavy (non-hydrogen) atoms. The maximum absolute atomic E-state index is 12.2. The van der Waals surface area contributed by atoms with E-state index in [2.05, 4.69) is 10.3 Å². The minimum atomic E-state index is -0.298. The lowest BCUT2D eigenvalue weighted by molar-refractivity contribution is 0.0898. The van der Waals surface area contributed by atoms with Gasteiger partial charge in [-0.2, -0.15) is 0 Å². The average molecular weight is 271 g/mol. The Hall–Kier alpha value is -1.29. The maximum Gasteiger partial charge on any atom is 0.255 e. The van der Waals surface area contributed by atoms with Crippen molar-refractivity contribution in [3.8, 4) is 5.75 Å². The number of rotatable bonds is 6. The zero-order valence-corrected chi connectivity index (χ0v) is 11.8. The molecule has 0 saturated carbocycles. The molecule has 100 valence electrons. The fourth-order valence-electron chi connectivity index (χ4n) is 1.61. The molecule has 1 heterocycles. The highest BCUT2D eigenvalue weighted by Gasteiger charge is 2.25. The number of nitrogens with zero attached hydrogens (tertiary/aromatic N) is 1. The molecule has 0 bridgehead atoms. The van der Waals surface area contributed by atoms with Crippen LogP contribution >= 0.6 is 11.6 Å². The Kier molecular flexibility index (Phi) is 5.41. The first-order valence-corrected chi connectivity index (χ1v) is 6.46. The quantitative estimate of drug-likeness (QED) is 0.809. The number of carbonyl (C=O) groups is 1. The van der Waals surface area contributed by atoms with Crippen molar-refractivity contribution < 1.29 is 9.53 Å². The van der Waals surface area contributed by atoms with Crippen LogP contribution in [0.2, 0.25) is 0 Å². The molecule has 5 heteroatoms. The largest absolute Gasteiger partial charge is 0.494 e. The van der Waals surface area contributed by atoms with Crippen molar-refractivity contribution >= 4 is 17.5 Å². The number of alkyl halides is 1. The van der Waals surface area contributed by atoms with Gasteiger partial charge in [-0.3, -0.25) is 9.78 Å². The number of carbonyl (C=O) groups excluding carboxylic acids is 1. The Morgan fingerprint density at radius 3 is 2.89 bits per heavy atom. The van der Waals surface area contributed by atoms with Crippen molar-refractivity contribution in [2.45, 2.75) is 32.2 Å². The van der Waals surface area contributed by atoms with Crippen molar-refractivity contribution in [3.05, 3.63) is 24.0 Å². The first-order valence-electron chi connectivity index (χ1n) is 5.93. The van der Waals surface area contributed by atoms with Gasteiger partial charge in [-0.05, 0) is 25.8 Å². The zero-order valence-electron chi connectivity index (χ0n) is 11.0. The fourth-order valence-corrected chi connectivity index (χ4v) is 2.02. The van der Waals surface area contributed by atoms with Crippen LogP contribution in [0.1, 0.15) is 37.0 Å². The van der Waals surface area contributed by atoms with Crippen LogP contribution in [0.3, 0.4) is 0 Å². The molecule has 4 nitrogen and oxygen atoms in total. The maximum atomic E-state index is 12.2. The molecule has 0 radical (unpaired) electrons. The van der Waals surface area contributed by atoms with E-state index >= 15 is 0 Å². The van der Waals surface area contributed by atoms with Crippen LogP contribution < -0.4 is 10.1 Å². The number of hydrogen-bond donors (Lipinski definition) is 1. The SMILES string of the molecule is CCC(C)(CCCl)NC(=O)c1ccncc1OC. The van der Waals surface area contributed by atoms with Crippen LogP contribution in [-0.2, 0) is 0 Å². The van der Waals surface area contributed by atoms with Gasteiger partial charge in [0, 0.05) is 17.6 Å². The van der Waals surface area contributed by atoms with Crippen molar-refractivity contribution in [1.82, 2.24) is 10.3 Å². The van der Waals surface area contributed by atoms with Crippen molar-refractivity contribution in [1.29, 1.82) is 0 Å². The molecule has 0 aromatic carbocycles. The zero-order chi connectivity index (χ0) is 13.6. The average Bonchev–Trinajstić information content (AvgIpc) is 2.38. The van der Waals surface area contributed by atoms with E-state index in [1.807, 2.05) is 13.8 Å². The summed E-state index contributed by atoms with van der Waals surface area (Å²) in [5.74, 6) is 0.820. The Balaban J connectivity index is 2.87. The van der Waals surface area contributed by atoms with Gasteiger partial charge in [-0.15, -0.1) is 11.6 Å². The second-order valence-electron chi connectivity index (χ2n) is 4.38. The topological polar surface area (TPSA) is 51.2 Å². The van der Waals surface area contributed by atoms with E-state index in [-0.39, 0.29) is 11.4 Å². The van der Waals surface area contributed by atoms with E-state index in [9.17, 15) is 4.79 Å². The van der Waals surface area contributed by atoms with Crippen molar-refractivity contribution in [2.75, 3.05) is 13.0 Å². The number of nitrogens with one attached hydrogen (secondary N) is 1. The Bertz CT molecular complexity index is 412. The summed E-state index contributed by atoms with van der Waals surface area (Å²) in [5.41, 5.74) is 0.189. The Morgan fingerprint density at radius 1 is 1.61 bits per heavy atom. The summed E-state index contributed by atoms with van der Waals surface area (Å²) in [6.07, 6.45) is 4.64. The van der Waals surface area contributed by atoms with Gasteiger partial charge in [0.15, 0.2) is 0 Å². The van der Waals surface area contributed by atoms with E-state index in [1.165, 1.54) is 13.3 Å². The molecule has 1 rings (SSSR count). The molecule has 1 amide bonds. The van der Waals surface area contributed by atoms with Crippen molar-refractivity contribution in [3.63, 3.8) is 0 Å². The molecule has 1 aromatic rings. The second kappa shape index (κ2) is 6.59. The number of hydrogen-bond acceptors (Lipinski definition) is 3. The summed E-state index contributed by atoms with van der Waals surface area (Å²) in [4.78, 5) is 16.1. The third-order valence-electron chi connectivity index (χ3n) is 3.09. The predicted molar refractivity (Wildman–Crippen MR) is 72.3 cm³/mol. The Labute approximate surface area is 113 Å². The number of ether oxygens (including phenoxy) is 1. The van der Waals surface area contributed by atoms with Gasteiger partial charge in [0.05, 0.1) is 18.9 Å². The molecule has 0 aliphatic heterocycles. The first-order chi connectivity index (χ1) is 8.56. The van der Waals surface area contributed by atoms with E-state index < -0.39 is 0 Å². The lowest BCUT2D eigenvalue weighted by Gasteiger charge is -2.29. The van der Waals surface area contributed by atoms with Gasteiger partial charge < -0.3 is 10.1 Å². The highest BCUT2D eigenvalue weighted by atomic mass is 35.5. The number of aromatic nitrogens is 1. The summed E-state index contributed by atoms with van der Waals surface area (Å²) in [7, 11) is 1.52. The van der Waals surface area contributed by atoms with Crippen LogP contribution in [0.15, 0.2) is 18.5 Å². The lowest BCUT2D eigenvalue weighted by Crippen LogP contribution is -2.45. The van der Waals surface area contributed by atoms with E-state index in [1.54, 1.807) is 12.3 Å². The molecule has 0 aliphatic carbocycles.